The van der Waals surface area contributed by atoms with E-state index in [1.165, 1.54) is 31.3 Å². The SMILES string of the molecule is CCC(NC(=O)c1cccc(S(=O)(=O)N(C)c2ccc(C)cc2)c1)C(N)=O. The van der Waals surface area contributed by atoms with Crippen molar-refractivity contribution in [3.8, 4) is 0 Å². The van der Waals surface area contributed by atoms with Gasteiger partial charge in [-0.05, 0) is 43.7 Å². The van der Waals surface area contributed by atoms with Gasteiger partial charge in [0, 0.05) is 12.6 Å². The molecule has 0 radical (unpaired) electrons. The van der Waals surface area contributed by atoms with Crippen molar-refractivity contribution in [2.24, 2.45) is 5.73 Å². The average molecular weight is 389 g/mol. The zero-order valence-corrected chi connectivity index (χ0v) is 16.3. The lowest BCUT2D eigenvalue weighted by molar-refractivity contribution is -0.119. The fourth-order valence-corrected chi connectivity index (χ4v) is 3.71. The first kappa shape index (κ1) is 20.4. The summed E-state index contributed by atoms with van der Waals surface area (Å²) < 4.78 is 27.0. The molecule has 2 amide bonds. The van der Waals surface area contributed by atoms with Gasteiger partial charge in [0.2, 0.25) is 5.91 Å². The van der Waals surface area contributed by atoms with Gasteiger partial charge in [-0.3, -0.25) is 13.9 Å². The van der Waals surface area contributed by atoms with Crippen LogP contribution in [0.5, 0.6) is 0 Å². The lowest BCUT2D eigenvalue weighted by atomic mass is 10.1. The lowest BCUT2D eigenvalue weighted by Gasteiger charge is -2.20. The van der Waals surface area contributed by atoms with Gasteiger partial charge in [0.1, 0.15) is 6.04 Å². The van der Waals surface area contributed by atoms with Crippen molar-refractivity contribution in [3.63, 3.8) is 0 Å². The molecule has 1 unspecified atom stereocenters. The van der Waals surface area contributed by atoms with E-state index in [-0.39, 0.29) is 10.5 Å². The number of rotatable bonds is 7. The first-order chi connectivity index (χ1) is 12.7. The number of nitrogens with two attached hydrogens (primary N) is 1. The molecule has 0 aliphatic carbocycles. The number of nitrogens with zero attached hydrogens (tertiary/aromatic N) is 1. The van der Waals surface area contributed by atoms with Crippen molar-refractivity contribution < 1.29 is 18.0 Å². The Kier molecular flexibility index (Phi) is 6.22. The van der Waals surface area contributed by atoms with Crippen LogP contribution >= 0.6 is 0 Å². The number of carbonyl (C=O) groups excluding carboxylic acids is 2. The van der Waals surface area contributed by atoms with Crippen molar-refractivity contribution >= 4 is 27.5 Å². The molecule has 0 aliphatic rings. The van der Waals surface area contributed by atoms with Gasteiger partial charge in [0.25, 0.3) is 15.9 Å². The molecule has 7 nitrogen and oxygen atoms in total. The summed E-state index contributed by atoms with van der Waals surface area (Å²) in [4.78, 5) is 23.6. The third-order valence-corrected chi connectivity index (χ3v) is 5.99. The molecule has 0 fully saturated rings. The third kappa shape index (κ3) is 4.65. The van der Waals surface area contributed by atoms with Crippen LogP contribution in [0.1, 0.15) is 29.3 Å². The van der Waals surface area contributed by atoms with Crippen LogP contribution in [0, 0.1) is 6.92 Å². The Morgan fingerprint density at radius 1 is 1.15 bits per heavy atom. The Morgan fingerprint density at radius 2 is 1.78 bits per heavy atom. The summed E-state index contributed by atoms with van der Waals surface area (Å²) in [5.74, 6) is -1.20. The van der Waals surface area contributed by atoms with Crippen molar-refractivity contribution in [3.05, 3.63) is 59.7 Å². The van der Waals surface area contributed by atoms with Crippen LogP contribution in [0.15, 0.2) is 53.4 Å². The number of benzene rings is 2. The molecule has 0 saturated carbocycles. The van der Waals surface area contributed by atoms with Gasteiger partial charge in [-0.2, -0.15) is 0 Å². The topological polar surface area (TPSA) is 110 Å². The minimum atomic E-state index is -3.85. The van der Waals surface area contributed by atoms with E-state index in [0.717, 1.165) is 9.87 Å². The predicted octanol–water partition coefficient (Wildman–Crippen LogP) is 1.81. The second kappa shape index (κ2) is 8.22. The van der Waals surface area contributed by atoms with Gasteiger partial charge < -0.3 is 11.1 Å². The van der Waals surface area contributed by atoms with Crippen LogP contribution in [0.3, 0.4) is 0 Å². The van der Waals surface area contributed by atoms with Gasteiger partial charge in [0.05, 0.1) is 10.6 Å². The molecule has 0 saturated heterocycles. The Bertz CT molecular complexity index is 940. The molecule has 8 heteroatoms. The van der Waals surface area contributed by atoms with E-state index >= 15 is 0 Å². The first-order valence-corrected chi connectivity index (χ1v) is 9.86. The molecule has 0 aliphatic heterocycles. The lowest BCUT2D eigenvalue weighted by Crippen LogP contribution is -2.44. The highest BCUT2D eigenvalue weighted by atomic mass is 32.2. The van der Waals surface area contributed by atoms with Crippen LogP contribution in [0.25, 0.3) is 0 Å². The van der Waals surface area contributed by atoms with Gasteiger partial charge in [-0.25, -0.2) is 8.42 Å². The quantitative estimate of drug-likeness (QED) is 0.752. The van der Waals surface area contributed by atoms with Crippen LogP contribution in [0.4, 0.5) is 5.69 Å². The van der Waals surface area contributed by atoms with Crippen molar-refractivity contribution in [2.75, 3.05) is 11.4 Å². The summed E-state index contributed by atoms with van der Waals surface area (Å²) in [7, 11) is -2.40. The molecular weight excluding hydrogens is 366 g/mol. The largest absolute Gasteiger partial charge is 0.368 e. The molecule has 2 aromatic carbocycles. The number of nitrogens with one attached hydrogen (secondary N) is 1. The Balaban J connectivity index is 2.31. The van der Waals surface area contributed by atoms with Gasteiger partial charge in [0.15, 0.2) is 0 Å². The second-order valence-electron chi connectivity index (χ2n) is 6.17. The number of aryl methyl sites for hydroxylation is 1. The van der Waals surface area contributed by atoms with E-state index in [1.54, 1.807) is 19.1 Å². The fourth-order valence-electron chi connectivity index (χ4n) is 2.47. The number of anilines is 1. The van der Waals surface area contributed by atoms with E-state index < -0.39 is 27.9 Å². The molecule has 27 heavy (non-hydrogen) atoms. The van der Waals surface area contributed by atoms with Crippen LogP contribution < -0.4 is 15.4 Å². The summed E-state index contributed by atoms with van der Waals surface area (Å²) in [5, 5.41) is 2.51. The van der Waals surface area contributed by atoms with Crippen LogP contribution in [0.2, 0.25) is 0 Å². The number of sulfonamides is 1. The second-order valence-corrected chi connectivity index (χ2v) is 8.14. The number of primary amides is 1. The highest BCUT2D eigenvalue weighted by molar-refractivity contribution is 7.92. The van der Waals surface area contributed by atoms with E-state index in [2.05, 4.69) is 5.32 Å². The van der Waals surface area contributed by atoms with Crippen LogP contribution in [-0.4, -0.2) is 33.3 Å². The summed E-state index contributed by atoms with van der Waals surface area (Å²) in [6, 6.07) is 11.9. The molecule has 144 valence electrons. The highest BCUT2D eigenvalue weighted by Crippen LogP contribution is 2.23. The molecule has 0 heterocycles. The minimum absolute atomic E-state index is 0.0228. The molecule has 0 spiro atoms. The molecular formula is C19H23N3O4S. The molecule has 2 rings (SSSR count). The fraction of sp³-hybridized carbons (Fsp3) is 0.263. The molecule has 0 bridgehead atoms. The van der Waals surface area contributed by atoms with Crippen molar-refractivity contribution in [1.82, 2.24) is 5.32 Å². The summed E-state index contributed by atoms with van der Waals surface area (Å²) in [6.07, 6.45) is 0.342. The number of carbonyl (C=O) groups is 2. The van der Waals surface area contributed by atoms with Gasteiger partial charge in [-0.1, -0.05) is 30.7 Å². The van der Waals surface area contributed by atoms with E-state index in [9.17, 15) is 18.0 Å². The monoisotopic (exact) mass is 389 g/mol. The average Bonchev–Trinajstić information content (AvgIpc) is 2.65. The molecule has 0 aromatic heterocycles. The summed E-state index contributed by atoms with van der Waals surface area (Å²) in [5.41, 5.74) is 6.89. The van der Waals surface area contributed by atoms with E-state index in [4.69, 9.17) is 5.73 Å². The smallest absolute Gasteiger partial charge is 0.264 e. The molecule has 2 aromatic rings. The van der Waals surface area contributed by atoms with Crippen molar-refractivity contribution in [1.29, 1.82) is 0 Å². The predicted molar refractivity (Wildman–Crippen MR) is 104 cm³/mol. The Morgan fingerprint density at radius 3 is 2.33 bits per heavy atom. The summed E-state index contributed by atoms with van der Waals surface area (Å²) >= 11 is 0. The normalized spacial score (nSPS) is 12.3. The zero-order chi connectivity index (χ0) is 20.2. The van der Waals surface area contributed by atoms with Crippen LogP contribution in [-0.2, 0) is 14.8 Å². The maximum absolute atomic E-state index is 12.9. The standard InChI is InChI=1S/C19H23N3O4S/c1-4-17(18(20)23)21-19(24)14-6-5-7-16(12-14)27(25,26)22(3)15-10-8-13(2)9-11-15/h5-12,17H,4H2,1-3H3,(H2,20,23)(H,21,24). The molecule has 1 atom stereocenters. The summed E-state index contributed by atoms with van der Waals surface area (Å²) in [6.45, 7) is 3.63. The van der Waals surface area contributed by atoms with E-state index in [1.807, 2.05) is 19.1 Å². The first-order valence-electron chi connectivity index (χ1n) is 8.42. The van der Waals surface area contributed by atoms with Crippen molar-refractivity contribution in [2.45, 2.75) is 31.2 Å². The third-order valence-electron chi connectivity index (χ3n) is 4.21. The van der Waals surface area contributed by atoms with Gasteiger partial charge >= 0.3 is 0 Å². The maximum Gasteiger partial charge on any atom is 0.264 e. The Hall–Kier alpha value is -2.87. The highest BCUT2D eigenvalue weighted by Gasteiger charge is 2.23. The number of hydrogen-bond acceptors (Lipinski definition) is 4. The number of amides is 2. The van der Waals surface area contributed by atoms with Gasteiger partial charge in [-0.15, -0.1) is 0 Å². The zero-order valence-electron chi connectivity index (χ0n) is 15.5. The maximum atomic E-state index is 12.9. The van der Waals surface area contributed by atoms with E-state index in [0.29, 0.717) is 12.1 Å². The molecule has 3 N–H and O–H groups in total. The minimum Gasteiger partial charge on any atom is -0.368 e. The number of hydrogen-bond donors (Lipinski definition) is 2. The Labute approximate surface area is 159 Å².